The summed E-state index contributed by atoms with van der Waals surface area (Å²) >= 11 is 0. The first kappa shape index (κ1) is 12.9. The molecule has 0 aliphatic rings. The van der Waals surface area contributed by atoms with E-state index in [-0.39, 0.29) is 0 Å². The average Bonchev–Trinajstić information content (AvgIpc) is 3.06. The predicted molar refractivity (Wildman–Crippen MR) is 79.5 cm³/mol. The molecule has 20 heavy (non-hydrogen) atoms. The normalized spacial score (nSPS) is 11.3. The van der Waals surface area contributed by atoms with Crippen LogP contribution < -0.4 is 5.73 Å². The monoisotopic (exact) mass is 269 g/mol. The Labute approximate surface area is 118 Å². The van der Waals surface area contributed by atoms with Crippen LogP contribution in [0.3, 0.4) is 0 Å². The maximum Gasteiger partial charge on any atom is 0.146 e. The third-order valence-corrected chi connectivity index (χ3v) is 3.59. The summed E-state index contributed by atoms with van der Waals surface area (Å²) < 4.78 is 4.16. The van der Waals surface area contributed by atoms with Gasteiger partial charge in [0.05, 0.1) is 6.54 Å². The molecule has 2 N–H and O–H groups in total. The molecule has 0 unspecified atom stereocenters. The van der Waals surface area contributed by atoms with E-state index in [9.17, 15) is 0 Å². The lowest BCUT2D eigenvalue weighted by Gasteiger charge is -2.06. The molecule has 0 saturated carbocycles. The van der Waals surface area contributed by atoms with Gasteiger partial charge < -0.3 is 10.3 Å². The molecule has 0 atom stereocenters. The number of nitrogens with zero attached hydrogens (tertiary/aromatic N) is 4. The highest BCUT2D eigenvalue weighted by atomic mass is 15.3. The lowest BCUT2D eigenvalue weighted by atomic mass is 10.1. The Hall–Kier alpha value is -2.14. The van der Waals surface area contributed by atoms with Gasteiger partial charge in [-0.2, -0.15) is 5.10 Å². The van der Waals surface area contributed by atoms with E-state index >= 15 is 0 Å². The first-order chi connectivity index (χ1) is 9.83. The summed E-state index contributed by atoms with van der Waals surface area (Å²) in [5, 5.41) is 5.50. The highest BCUT2D eigenvalue weighted by molar-refractivity contribution is 5.84. The van der Waals surface area contributed by atoms with Crippen LogP contribution in [0.1, 0.15) is 18.3 Å². The lowest BCUT2D eigenvalue weighted by molar-refractivity contribution is 0.596. The van der Waals surface area contributed by atoms with E-state index in [1.54, 1.807) is 6.33 Å². The highest BCUT2D eigenvalue weighted by Gasteiger charge is 2.10. The standard InChI is InChI=1S/C15H19N5/c1-2-20-15(17-11-18-20)10-19-9-12(7-8-16)13-5-3-4-6-14(13)19/h3-6,9,11H,2,7-8,10,16H2,1H3. The summed E-state index contributed by atoms with van der Waals surface area (Å²) in [6.45, 7) is 4.31. The number of para-hydroxylation sites is 1. The van der Waals surface area contributed by atoms with E-state index in [0.717, 1.165) is 25.3 Å². The fraction of sp³-hybridized carbons (Fsp3) is 0.333. The molecule has 2 aromatic heterocycles. The van der Waals surface area contributed by atoms with Gasteiger partial charge in [0.15, 0.2) is 0 Å². The largest absolute Gasteiger partial charge is 0.340 e. The molecule has 0 saturated heterocycles. The number of aromatic nitrogens is 4. The van der Waals surface area contributed by atoms with Crippen LogP contribution in [0.2, 0.25) is 0 Å². The Kier molecular flexibility index (Phi) is 3.52. The van der Waals surface area contributed by atoms with Crippen LogP contribution in [0.15, 0.2) is 36.8 Å². The minimum atomic E-state index is 0.666. The van der Waals surface area contributed by atoms with Crippen LogP contribution in [0.25, 0.3) is 10.9 Å². The molecular formula is C15H19N5. The molecule has 0 spiro atoms. The van der Waals surface area contributed by atoms with E-state index in [0.29, 0.717) is 6.54 Å². The molecule has 2 heterocycles. The average molecular weight is 269 g/mol. The third kappa shape index (κ3) is 2.20. The van der Waals surface area contributed by atoms with Crippen LogP contribution in [-0.4, -0.2) is 25.9 Å². The van der Waals surface area contributed by atoms with E-state index in [4.69, 9.17) is 5.73 Å². The second kappa shape index (κ2) is 5.46. The predicted octanol–water partition coefficient (Wildman–Crippen LogP) is 1.80. The highest BCUT2D eigenvalue weighted by Crippen LogP contribution is 2.22. The van der Waals surface area contributed by atoms with Crippen LogP contribution in [0, 0.1) is 0 Å². The van der Waals surface area contributed by atoms with Crippen molar-refractivity contribution in [1.29, 1.82) is 0 Å². The fourth-order valence-corrected chi connectivity index (χ4v) is 2.64. The van der Waals surface area contributed by atoms with Gasteiger partial charge in [-0.05, 0) is 31.5 Å². The van der Waals surface area contributed by atoms with Crippen molar-refractivity contribution >= 4 is 10.9 Å². The number of hydrogen-bond donors (Lipinski definition) is 1. The van der Waals surface area contributed by atoms with E-state index in [2.05, 4.69) is 52.0 Å². The Morgan fingerprint density at radius 1 is 1.25 bits per heavy atom. The molecule has 0 aliphatic heterocycles. The van der Waals surface area contributed by atoms with Crippen molar-refractivity contribution in [3.8, 4) is 0 Å². The van der Waals surface area contributed by atoms with Gasteiger partial charge in [0, 0.05) is 23.6 Å². The molecule has 0 aliphatic carbocycles. The van der Waals surface area contributed by atoms with E-state index < -0.39 is 0 Å². The van der Waals surface area contributed by atoms with Crippen molar-refractivity contribution in [3.05, 3.63) is 48.2 Å². The van der Waals surface area contributed by atoms with Gasteiger partial charge in [-0.3, -0.25) is 0 Å². The number of benzene rings is 1. The van der Waals surface area contributed by atoms with Crippen molar-refractivity contribution in [2.45, 2.75) is 26.4 Å². The quantitative estimate of drug-likeness (QED) is 0.768. The zero-order chi connectivity index (χ0) is 13.9. The van der Waals surface area contributed by atoms with Crippen molar-refractivity contribution in [1.82, 2.24) is 19.3 Å². The van der Waals surface area contributed by atoms with Crippen LogP contribution >= 0.6 is 0 Å². The van der Waals surface area contributed by atoms with Gasteiger partial charge in [0.2, 0.25) is 0 Å². The topological polar surface area (TPSA) is 61.7 Å². The summed E-state index contributed by atoms with van der Waals surface area (Å²) in [5.74, 6) is 0.979. The van der Waals surface area contributed by atoms with Gasteiger partial charge >= 0.3 is 0 Å². The van der Waals surface area contributed by atoms with Crippen molar-refractivity contribution < 1.29 is 0 Å². The molecule has 5 heteroatoms. The molecule has 0 bridgehead atoms. The second-order valence-electron chi connectivity index (χ2n) is 4.83. The van der Waals surface area contributed by atoms with Crippen molar-refractivity contribution in [2.75, 3.05) is 6.54 Å². The smallest absolute Gasteiger partial charge is 0.146 e. The van der Waals surface area contributed by atoms with Crippen LogP contribution in [-0.2, 0) is 19.5 Å². The molecule has 0 fully saturated rings. The minimum absolute atomic E-state index is 0.666. The van der Waals surface area contributed by atoms with Crippen molar-refractivity contribution in [3.63, 3.8) is 0 Å². The molecule has 0 amide bonds. The Bertz CT molecular complexity index is 710. The second-order valence-corrected chi connectivity index (χ2v) is 4.83. The minimum Gasteiger partial charge on any atom is -0.340 e. The fourth-order valence-electron chi connectivity index (χ4n) is 2.64. The summed E-state index contributed by atoms with van der Waals surface area (Å²) in [5.41, 5.74) is 8.23. The number of aryl methyl sites for hydroxylation is 1. The first-order valence-corrected chi connectivity index (χ1v) is 6.97. The first-order valence-electron chi connectivity index (χ1n) is 6.97. The molecular weight excluding hydrogens is 250 g/mol. The summed E-state index contributed by atoms with van der Waals surface area (Å²) in [6.07, 6.45) is 4.70. The Morgan fingerprint density at radius 3 is 2.90 bits per heavy atom. The zero-order valence-electron chi connectivity index (χ0n) is 11.7. The number of nitrogens with two attached hydrogens (primary N) is 1. The summed E-state index contributed by atoms with van der Waals surface area (Å²) in [4.78, 5) is 4.35. The number of rotatable bonds is 5. The molecule has 5 nitrogen and oxygen atoms in total. The third-order valence-electron chi connectivity index (χ3n) is 3.59. The van der Waals surface area contributed by atoms with Gasteiger partial charge in [-0.15, -0.1) is 0 Å². The summed E-state index contributed by atoms with van der Waals surface area (Å²) in [6, 6.07) is 8.43. The SMILES string of the molecule is CCn1ncnc1Cn1cc(CCN)c2ccccc21. The van der Waals surface area contributed by atoms with Gasteiger partial charge in [-0.1, -0.05) is 18.2 Å². The Morgan fingerprint density at radius 2 is 2.10 bits per heavy atom. The lowest BCUT2D eigenvalue weighted by Crippen LogP contribution is -2.08. The Balaban J connectivity index is 2.03. The number of hydrogen-bond acceptors (Lipinski definition) is 3. The van der Waals surface area contributed by atoms with E-state index in [1.165, 1.54) is 16.5 Å². The van der Waals surface area contributed by atoms with Gasteiger partial charge in [-0.25, -0.2) is 9.67 Å². The molecule has 3 rings (SSSR count). The van der Waals surface area contributed by atoms with Crippen molar-refractivity contribution in [2.24, 2.45) is 5.73 Å². The molecule has 104 valence electrons. The van der Waals surface area contributed by atoms with Crippen LogP contribution in [0.4, 0.5) is 0 Å². The molecule has 1 aromatic carbocycles. The van der Waals surface area contributed by atoms with Gasteiger partial charge in [0.25, 0.3) is 0 Å². The number of fused-ring (bicyclic) bond motifs is 1. The maximum absolute atomic E-state index is 5.71. The molecule has 3 aromatic rings. The maximum atomic E-state index is 5.71. The molecule has 0 radical (unpaired) electrons. The van der Waals surface area contributed by atoms with E-state index in [1.807, 2.05) is 4.68 Å². The zero-order valence-corrected chi connectivity index (χ0v) is 11.7. The summed E-state index contributed by atoms with van der Waals surface area (Å²) in [7, 11) is 0. The van der Waals surface area contributed by atoms with Gasteiger partial charge in [0.1, 0.15) is 12.2 Å². The van der Waals surface area contributed by atoms with Crippen LogP contribution in [0.5, 0.6) is 0 Å².